The number of nitrogen functional groups attached to an aromatic ring is 1. The number of rotatable bonds is 4. The summed E-state index contributed by atoms with van der Waals surface area (Å²) in [5.41, 5.74) is 14.6. The number of phenolic OH excluding ortho intramolecular Hbond substituents is 1. The van der Waals surface area contributed by atoms with E-state index in [0.29, 0.717) is 16.9 Å². The average molecular weight is 487 g/mol. The summed E-state index contributed by atoms with van der Waals surface area (Å²) in [5.74, 6) is 0.809. The molecule has 1 aliphatic heterocycles. The molecule has 0 saturated carbocycles. The maximum atomic E-state index is 10.7. The number of amidine groups is 1. The zero-order chi connectivity index (χ0) is 25.7. The number of nitrogens with one attached hydrogen (secondary N) is 2. The number of hydrogen-bond donors (Lipinski definition) is 4. The quantitative estimate of drug-likeness (QED) is 0.218. The number of nitriles is 1. The number of ether oxygens (including phenoxy) is 1. The molecule has 0 aromatic heterocycles. The van der Waals surface area contributed by atoms with Crippen LogP contribution < -0.4 is 15.8 Å². The van der Waals surface area contributed by atoms with Gasteiger partial charge in [0.05, 0.1) is 24.8 Å². The normalized spacial score (nSPS) is 19.1. The van der Waals surface area contributed by atoms with E-state index in [1.807, 2.05) is 42.5 Å². The maximum Gasteiger partial charge on any atom is 0.160 e. The minimum atomic E-state index is -0.0941. The van der Waals surface area contributed by atoms with Crippen molar-refractivity contribution in [2.45, 2.75) is 18.4 Å². The lowest BCUT2D eigenvalue weighted by atomic mass is 9.74. The molecule has 1 aliphatic carbocycles. The summed E-state index contributed by atoms with van der Waals surface area (Å²) < 4.78 is 5.53. The van der Waals surface area contributed by atoms with E-state index in [1.165, 1.54) is 11.1 Å². The molecule has 2 aliphatic rings. The van der Waals surface area contributed by atoms with Crippen molar-refractivity contribution in [2.75, 3.05) is 12.4 Å². The fraction of sp³-hybridized carbons (Fsp3) is 0.161. The highest BCUT2D eigenvalue weighted by Gasteiger charge is 2.44. The standard InChI is InChI=1S/C31H26N4O2/c1-37-28-15-23(22(14-27(28)36)18-7-4-5-17(11-18)16-32)30-25-12-19-6-2-3-8-21(19)29(25)24-13-20(31(33)34)9-10-26(24)35-30/h2-11,13-15,25,29-30,35-36H,12H2,1H3,(H3,33,34). The number of anilines is 1. The summed E-state index contributed by atoms with van der Waals surface area (Å²) in [6.07, 6.45) is 0.878. The lowest BCUT2D eigenvalue weighted by Crippen LogP contribution is -2.31. The van der Waals surface area contributed by atoms with E-state index >= 15 is 0 Å². The zero-order valence-electron chi connectivity index (χ0n) is 20.3. The third-order valence-corrected chi connectivity index (χ3v) is 7.70. The van der Waals surface area contributed by atoms with Crippen LogP contribution in [0.15, 0.2) is 78.9 Å². The molecule has 0 spiro atoms. The van der Waals surface area contributed by atoms with Crippen LogP contribution in [0.1, 0.15) is 45.3 Å². The van der Waals surface area contributed by atoms with Gasteiger partial charge in [0.25, 0.3) is 0 Å². The minimum Gasteiger partial charge on any atom is -0.504 e. The van der Waals surface area contributed by atoms with Crippen molar-refractivity contribution in [3.8, 4) is 28.7 Å². The molecule has 0 saturated heterocycles. The van der Waals surface area contributed by atoms with Gasteiger partial charge in [0.1, 0.15) is 5.84 Å². The fourth-order valence-electron chi connectivity index (χ4n) is 6.05. The molecular formula is C31H26N4O2. The van der Waals surface area contributed by atoms with Crippen LogP contribution in [0.2, 0.25) is 0 Å². The Morgan fingerprint density at radius 1 is 1.03 bits per heavy atom. The van der Waals surface area contributed by atoms with Gasteiger partial charge in [0.2, 0.25) is 0 Å². The van der Waals surface area contributed by atoms with Crippen LogP contribution >= 0.6 is 0 Å². The molecule has 37 heavy (non-hydrogen) atoms. The molecule has 0 bridgehead atoms. The molecule has 6 heteroatoms. The number of hydrogen-bond acceptors (Lipinski definition) is 5. The smallest absolute Gasteiger partial charge is 0.160 e. The van der Waals surface area contributed by atoms with Crippen molar-refractivity contribution in [3.63, 3.8) is 0 Å². The largest absolute Gasteiger partial charge is 0.504 e. The van der Waals surface area contributed by atoms with Gasteiger partial charge in [-0.15, -0.1) is 0 Å². The van der Waals surface area contributed by atoms with Gasteiger partial charge >= 0.3 is 0 Å². The molecule has 0 radical (unpaired) electrons. The van der Waals surface area contributed by atoms with Crippen molar-refractivity contribution in [1.29, 1.82) is 10.7 Å². The highest BCUT2D eigenvalue weighted by molar-refractivity contribution is 5.96. The predicted molar refractivity (Wildman–Crippen MR) is 144 cm³/mol. The van der Waals surface area contributed by atoms with Crippen molar-refractivity contribution in [2.24, 2.45) is 11.7 Å². The SMILES string of the molecule is COc1cc(C2Nc3ccc(C(=N)N)cc3C3c4ccccc4CC23)c(-c2cccc(C#N)c2)cc1O. The number of phenols is 1. The maximum absolute atomic E-state index is 10.7. The van der Waals surface area contributed by atoms with E-state index in [2.05, 4.69) is 35.7 Å². The van der Waals surface area contributed by atoms with Gasteiger partial charge in [-0.3, -0.25) is 5.41 Å². The lowest BCUT2D eigenvalue weighted by molar-refractivity contribution is 0.370. The molecule has 6 rings (SSSR count). The van der Waals surface area contributed by atoms with Crippen LogP contribution in [0, 0.1) is 22.7 Å². The zero-order valence-corrected chi connectivity index (χ0v) is 20.3. The predicted octanol–water partition coefficient (Wildman–Crippen LogP) is 5.69. The lowest BCUT2D eigenvalue weighted by Gasteiger charge is -2.39. The Labute approximate surface area is 215 Å². The molecule has 6 nitrogen and oxygen atoms in total. The summed E-state index contributed by atoms with van der Waals surface area (Å²) in [5, 5.41) is 32.0. The Bertz CT molecular complexity index is 1600. The second-order valence-electron chi connectivity index (χ2n) is 9.69. The molecule has 0 fully saturated rings. The number of benzene rings is 4. The van der Waals surface area contributed by atoms with Crippen LogP contribution in [0.3, 0.4) is 0 Å². The second kappa shape index (κ2) is 8.72. The molecule has 4 aromatic carbocycles. The van der Waals surface area contributed by atoms with Crippen molar-refractivity contribution >= 4 is 11.5 Å². The number of aromatic hydroxyl groups is 1. The highest BCUT2D eigenvalue weighted by Crippen LogP contribution is 2.55. The first-order chi connectivity index (χ1) is 18.0. The topological polar surface area (TPSA) is 115 Å². The van der Waals surface area contributed by atoms with E-state index in [4.69, 9.17) is 15.9 Å². The second-order valence-corrected chi connectivity index (χ2v) is 9.69. The molecule has 3 atom stereocenters. The first-order valence-electron chi connectivity index (χ1n) is 12.2. The Balaban J connectivity index is 1.57. The summed E-state index contributed by atoms with van der Waals surface area (Å²) in [4.78, 5) is 0. The van der Waals surface area contributed by atoms with E-state index in [1.54, 1.807) is 19.2 Å². The fourth-order valence-corrected chi connectivity index (χ4v) is 6.05. The van der Waals surface area contributed by atoms with E-state index in [-0.39, 0.29) is 29.5 Å². The minimum absolute atomic E-state index is 0.0516. The number of methoxy groups -OCH3 is 1. The van der Waals surface area contributed by atoms with Gasteiger partial charge in [-0.05, 0) is 88.2 Å². The molecule has 3 unspecified atom stereocenters. The number of fused-ring (bicyclic) bond motifs is 5. The summed E-state index contributed by atoms with van der Waals surface area (Å²) in [7, 11) is 1.55. The first kappa shape index (κ1) is 22.7. The highest BCUT2D eigenvalue weighted by atomic mass is 16.5. The van der Waals surface area contributed by atoms with Gasteiger partial charge in [-0.1, -0.05) is 36.4 Å². The van der Waals surface area contributed by atoms with Crippen LogP contribution in [-0.4, -0.2) is 18.1 Å². The Morgan fingerprint density at radius 3 is 2.65 bits per heavy atom. The van der Waals surface area contributed by atoms with Crippen LogP contribution in [0.5, 0.6) is 11.5 Å². The van der Waals surface area contributed by atoms with Gasteiger partial charge in [-0.25, -0.2) is 0 Å². The Kier molecular flexibility index (Phi) is 5.35. The molecule has 0 amide bonds. The van der Waals surface area contributed by atoms with Gasteiger partial charge < -0.3 is 20.9 Å². The van der Waals surface area contributed by atoms with Crippen molar-refractivity contribution < 1.29 is 9.84 Å². The van der Waals surface area contributed by atoms with Crippen LogP contribution in [0.25, 0.3) is 11.1 Å². The molecule has 4 aromatic rings. The van der Waals surface area contributed by atoms with Crippen molar-refractivity contribution in [3.05, 3.63) is 112 Å². The monoisotopic (exact) mass is 486 g/mol. The summed E-state index contributed by atoms with van der Waals surface area (Å²) >= 11 is 0. The van der Waals surface area contributed by atoms with Crippen LogP contribution in [-0.2, 0) is 6.42 Å². The Hall–Kier alpha value is -4.76. The van der Waals surface area contributed by atoms with E-state index in [0.717, 1.165) is 34.4 Å². The third-order valence-electron chi connectivity index (χ3n) is 7.70. The number of nitrogens with two attached hydrogens (primary N) is 1. The van der Waals surface area contributed by atoms with E-state index < -0.39 is 0 Å². The first-order valence-corrected chi connectivity index (χ1v) is 12.2. The molecule has 182 valence electrons. The average Bonchev–Trinajstić information content (AvgIpc) is 3.32. The van der Waals surface area contributed by atoms with Crippen LogP contribution in [0.4, 0.5) is 5.69 Å². The summed E-state index contributed by atoms with van der Waals surface area (Å²) in [6, 6.07) is 27.7. The van der Waals surface area contributed by atoms with Gasteiger partial charge in [0, 0.05) is 17.2 Å². The number of nitrogens with zero attached hydrogens (tertiary/aromatic N) is 1. The van der Waals surface area contributed by atoms with Crippen molar-refractivity contribution in [1.82, 2.24) is 0 Å². The molecule has 5 N–H and O–H groups in total. The van der Waals surface area contributed by atoms with Gasteiger partial charge in [-0.2, -0.15) is 5.26 Å². The van der Waals surface area contributed by atoms with Gasteiger partial charge in [0.15, 0.2) is 11.5 Å². The third kappa shape index (κ3) is 3.68. The molecular weight excluding hydrogens is 460 g/mol. The Morgan fingerprint density at radius 2 is 1.86 bits per heavy atom. The summed E-state index contributed by atoms with van der Waals surface area (Å²) in [6.45, 7) is 0. The molecule has 1 heterocycles. The van der Waals surface area contributed by atoms with E-state index in [9.17, 15) is 10.4 Å².